The van der Waals surface area contributed by atoms with Gasteiger partial charge in [0.15, 0.2) is 0 Å². The van der Waals surface area contributed by atoms with Gasteiger partial charge in [0, 0.05) is 35.6 Å². The van der Waals surface area contributed by atoms with Crippen molar-refractivity contribution >= 4 is 5.91 Å². The molecule has 1 aromatic carbocycles. The SMILES string of the molecule is CC(Cc1c2c(cc3c1OCC3)OCC2)NC(=O)C(F)(F)F. The first-order chi connectivity index (χ1) is 10.4. The van der Waals surface area contributed by atoms with Crippen LogP contribution >= 0.6 is 0 Å². The topological polar surface area (TPSA) is 47.6 Å². The maximum Gasteiger partial charge on any atom is 0.471 e. The normalized spacial score (nSPS) is 17.3. The van der Waals surface area contributed by atoms with Crippen molar-refractivity contribution < 1.29 is 27.4 Å². The standard InChI is InChI=1S/C15H16F3NO3/c1-8(19-14(20)15(16,17)18)6-11-10-3-5-21-12(10)7-9-2-4-22-13(9)11/h7-8H,2-6H2,1H3,(H,19,20). The molecule has 0 bridgehead atoms. The highest BCUT2D eigenvalue weighted by Gasteiger charge is 2.39. The predicted molar refractivity (Wildman–Crippen MR) is 72.2 cm³/mol. The minimum Gasteiger partial charge on any atom is -0.493 e. The maximum absolute atomic E-state index is 12.3. The van der Waals surface area contributed by atoms with Gasteiger partial charge in [-0.1, -0.05) is 0 Å². The van der Waals surface area contributed by atoms with Gasteiger partial charge in [0.2, 0.25) is 0 Å². The molecule has 120 valence electrons. The third-order valence-electron chi connectivity index (χ3n) is 3.91. The minimum atomic E-state index is -4.87. The predicted octanol–water partition coefficient (Wildman–Crippen LogP) is 2.17. The Kier molecular flexibility index (Phi) is 3.66. The summed E-state index contributed by atoms with van der Waals surface area (Å²) in [6.45, 7) is 2.68. The molecule has 22 heavy (non-hydrogen) atoms. The van der Waals surface area contributed by atoms with E-state index in [-0.39, 0.29) is 6.42 Å². The average molecular weight is 315 g/mol. The zero-order chi connectivity index (χ0) is 15.9. The van der Waals surface area contributed by atoms with Gasteiger partial charge in [-0.25, -0.2) is 0 Å². The molecule has 0 radical (unpaired) electrons. The number of ether oxygens (including phenoxy) is 2. The largest absolute Gasteiger partial charge is 0.493 e. The maximum atomic E-state index is 12.3. The molecule has 1 unspecified atom stereocenters. The van der Waals surface area contributed by atoms with Crippen LogP contribution in [0.25, 0.3) is 0 Å². The van der Waals surface area contributed by atoms with Gasteiger partial charge >= 0.3 is 12.1 Å². The van der Waals surface area contributed by atoms with E-state index in [0.29, 0.717) is 19.6 Å². The zero-order valence-electron chi connectivity index (χ0n) is 12.0. The summed E-state index contributed by atoms with van der Waals surface area (Å²) in [6.07, 6.45) is -3.10. The van der Waals surface area contributed by atoms with Crippen molar-refractivity contribution in [1.82, 2.24) is 5.32 Å². The first-order valence-corrected chi connectivity index (χ1v) is 7.17. The lowest BCUT2D eigenvalue weighted by molar-refractivity contribution is -0.174. The molecule has 0 fully saturated rings. The fraction of sp³-hybridized carbons (Fsp3) is 0.533. The molecule has 2 heterocycles. The molecule has 1 aromatic rings. The van der Waals surface area contributed by atoms with Gasteiger partial charge in [0.05, 0.1) is 13.2 Å². The summed E-state index contributed by atoms with van der Waals surface area (Å²) in [5, 5.41) is 1.99. The van der Waals surface area contributed by atoms with Crippen LogP contribution in [0, 0.1) is 0 Å². The van der Waals surface area contributed by atoms with Crippen molar-refractivity contribution in [3.8, 4) is 11.5 Å². The number of halogens is 3. The number of alkyl halides is 3. The Balaban J connectivity index is 1.82. The number of carbonyl (C=O) groups excluding carboxylic acids is 1. The summed E-state index contributed by atoms with van der Waals surface area (Å²) < 4.78 is 48.2. The second kappa shape index (κ2) is 5.37. The Morgan fingerprint density at radius 3 is 2.77 bits per heavy atom. The van der Waals surface area contributed by atoms with E-state index in [1.165, 1.54) is 0 Å². The van der Waals surface area contributed by atoms with Gasteiger partial charge in [-0.15, -0.1) is 0 Å². The fourth-order valence-electron chi connectivity index (χ4n) is 2.96. The van der Waals surface area contributed by atoms with E-state index in [1.54, 1.807) is 6.92 Å². The lowest BCUT2D eigenvalue weighted by Gasteiger charge is -2.19. The number of rotatable bonds is 3. The van der Waals surface area contributed by atoms with Crippen LogP contribution in [0.4, 0.5) is 13.2 Å². The van der Waals surface area contributed by atoms with Crippen molar-refractivity contribution in [2.24, 2.45) is 0 Å². The number of hydrogen-bond acceptors (Lipinski definition) is 3. The Morgan fingerprint density at radius 1 is 1.32 bits per heavy atom. The fourth-order valence-corrected chi connectivity index (χ4v) is 2.96. The lowest BCUT2D eigenvalue weighted by atomic mass is 9.95. The van der Waals surface area contributed by atoms with E-state index >= 15 is 0 Å². The molecule has 0 saturated heterocycles. The van der Waals surface area contributed by atoms with E-state index in [2.05, 4.69) is 0 Å². The zero-order valence-corrected chi connectivity index (χ0v) is 12.0. The van der Waals surface area contributed by atoms with E-state index < -0.39 is 18.1 Å². The summed E-state index contributed by atoms with van der Waals surface area (Å²) in [5.41, 5.74) is 2.86. The third kappa shape index (κ3) is 2.71. The Labute approximate surface area is 125 Å². The molecule has 0 spiro atoms. The number of hydrogen-bond donors (Lipinski definition) is 1. The van der Waals surface area contributed by atoms with Crippen molar-refractivity contribution in [3.63, 3.8) is 0 Å². The van der Waals surface area contributed by atoms with Gasteiger partial charge < -0.3 is 14.8 Å². The molecule has 1 N–H and O–H groups in total. The molecular weight excluding hydrogens is 299 g/mol. The number of fused-ring (bicyclic) bond motifs is 2. The van der Waals surface area contributed by atoms with Gasteiger partial charge in [0.1, 0.15) is 11.5 Å². The first kappa shape index (κ1) is 15.0. The lowest BCUT2D eigenvalue weighted by Crippen LogP contribution is -2.42. The summed E-state index contributed by atoms with van der Waals surface area (Å²) in [5.74, 6) is -0.382. The van der Waals surface area contributed by atoms with Gasteiger partial charge in [-0.05, 0) is 19.4 Å². The molecule has 0 aromatic heterocycles. The second-order valence-corrected chi connectivity index (χ2v) is 5.59. The Bertz CT molecular complexity index is 581. The summed E-state index contributed by atoms with van der Waals surface area (Å²) in [7, 11) is 0. The quantitative estimate of drug-likeness (QED) is 0.930. The highest BCUT2D eigenvalue weighted by molar-refractivity contribution is 5.82. The number of nitrogens with one attached hydrogen (secondary N) is 1. The molecule has 7 heteroatoms. The van der Waals surface area contributed by atoms with Gasteiger partial charge in [0.25, 0.3) is 0 Å². The highest BCUT2D eigenvalue weighted by atomic mass is 19.4. The van der Waals surface area contributed by atoms with E-state index in [1.807, 2.05) is 11.4 Å². The molecule has 0 aliphatic carbocycles. The van der Waals surface area contributed by atoms with Crippen LogP contribution in [-0.4, -0.2) is 31.3 Å². The van der Waals surface area contributed by atoms with Crippen LogP contribution in [0.2, 0.25) is 0 Å². The van der Waals surface area contributed by atoms with Crippen LogP contribution in [0.3, 0.4) is 0 Å². The number of amides is 1. The molecule has 0 saturated carbocycles. The van der Waals surface area contributed by atoms with Crippen LogP contribution in [0.1, 0.15) is 23.6 Å². The van der Waals surface area contributed by atoms with Crippen molar-refractivity contribution in [3.05, 3.63) is 22.8 Å². The Hall–Kier alpha value is -1.92. The van der Waals surface area contributed by atoms with Crippen LogP contribution in [0.15, 0.2) is 6.07 Å². The van der Waals surface area contributed by atoms with Crippen LogP contribution < -0.4 is 14.8 Å². The molecule has 4 nitrogen and oxygen atoms in total. The smallest absolute Gasteiger partial charge is 0.471 e. The van der Waals surface area contributed by atoms with Crippen molar-refractivity contribution in [2.45, 2.75) is 38.4 Å². The minimum absolute atomic E-state index is 0.288. The monoisotopic (exact) mass is 315 g/mol. The third-order valence-corrected chi connectivity index (χ3v) is 3.91. The molecule has 1 atom stereocenters. The number of benzene rings is 1. The average Bonchev–Trinajstić information content (AvgIpc) is 3.05. The van der Waals surface area contributed by atoms with Crippen LogP contribution in [-0.2, 0) is 24.1 Å². The summed E-state index contributed by atoms with van der Waals surface area (Å²) in [4.78, 5) is 11.0. The highest BCUT2D eigenvalue weighted by Crippen LogP contribution is 2.41. The van der Waals surface area contributed by atoms with Crippen molar-refractivity contribution in [1.29, 1.82) is 0 Å². The van der Waals surface area contributed by atoms with Gasteiger partial charge in [-0.2, -0.15) is 13.2 Å². The molecular formula is C15H16F3NO3. The van der Waals surface area contributed by atoms with Crippen molar-refractivity contribution in [2.75, 3.05) is 13.2 Å². The van der Waals surface area contributed by atoms with E-state index in [0.717, 1.165) is 34.6 Å². The number of carbonyl (C=O) groups is 1. The summed E-state index contributed by atoms with van der Waals surface area (Å²) >= 11 is 0. The molecule has 3 rings (SSSR count). The van der Waals surface area contributed by atoms with E-state index in [9.17, 15) is 18.0 Å². The van der Waals surface area contributed by atoms with Gasteiger partial charge in [-0.3, -0.25) is 4.79 Å². The molecule has 2 aliphatic heterocycles. The van der Waals surface area contributed by atoms with Crippen LogP contribution in [0.5, 0.6) is 11.5 Å². The first-order valence-electron chi connectivity index (χ1n) is 7.17. The molecule has 1 amide bonds. The Morgan fingerprint density at radius 2 is 2.05 bits per heavy atom. The summed E-state index contributed by atoms with van der Waals surface area (Å²) in [6, 6.07) is 1.31. The second-order valence-electron chi connectivity index (χ2n) is 5.59. The van der Waals surface area contributed by atoms with E-state index in [4.69, 9.17) is 9.47 Å². The molecule has 2 aliphatic rings.